The largest absolute Gasteiger partial charge is 0.481 e. The van der Waals surface area contributed by atoms with E-state index in [2.05, 4.69) is 5.32 Å². The van der Waals surface area contributed by atoms with Crippen molar-refractivity contribution in [2.45, 2.75) is 25.9 Å². The lowest BCUT2D eigenvalue weighted by Crippen LogP contribution is -2.42. The molecule has 1 atom stereocenters. The van der Waals surface area contributed by atoms with Crippen molar-refractivity contribution in [1.29, 1.82) is 0 Å². The second-order valence-corrected chi connectivity index (χ2v) is 4.98. The van der Waals surface area contributed by atoms with Gasteiger partial charge in [0.1, 0.15) is 5.56 Å². The van der Waals surface area contributed by atoms with Crippen LogP contribution in [0.3, 0.4) is 0 Å². The number of nitrogens with zero attached hydrogens (tertiary/aromatic N) is 1. The highest BCUT2D eigenvalue weighted by atomic mass is 16.6. The van der Waals surface area contributed by atoms with Gasteiger partial charge in [0.15, 0.2) is 0 Å². The fourth-order valence-electron chi connectivity index (χ4n) is 1.84. The minimum atomic E-state index is -1.64. The van der Waals surface area contributed by atoms with Crippen LogP contribution in [0.5, 0.6) is 0 Å². The van der Waals surface area contributed by atoms with Crippen molar-refractivity contribution in [3.05, 3.63) is 39.4 Å². The van der Waals surface area contributed by atoms with Gasteiger partial charge in [-0.2, -0.15) is 0 Å². The first-order chi connectivity index (χ1) is 9.64. The summed E-state index contributed by atoms with van der Waals surface area (Å²) in [5, 5.41) is 31.7. The van der Waals surface area contributed by atoms with Gasteiger partial charge in [0, 0.05) is 12.1 Å². The van der Waals surface area contributed by atoms with Crippen LogP contribution < -0.4 is 5.32 Å². The third-order valence-corrected chi connectivity index (χ3v) is 2.83. The highest BCUT2D eigenvalue weighted by Gasteiger charge is 2.27. The third kappa shape index (κ3) is 4.53. The van der Waals surface area contributed by atoms with Crippen molar-refractivity contribution in [2.24, 2.45) is 0 Å². The number of nitro benzene ring substituents is 1. The number of nitro groups is 1. The molecule has 0 aromatic heterocycles. The number of aryl methyl sites for hydroxylation is 1. The zero-order valence-corrected chi connectivity index (χ0v) is 11.6. The van der Waals surface area contributed by atoms with Gasteiger partial charge in [0.2, 0.25) is 0 Å². The van der Waals surface area contributed by atoms with Crippen LogP contribution in [-0.4, -0.2) is 39.2 Å². The molecule has 8 nitrogen and oxygen atoms in total. The quantitative estimate of drug-likeness (QED) is 0.527. The second-order valence-electron chi connectivity index (χ2n) is 4.98. The molecular weight excluding hydrogens is 280 g/mol. The van der Waals surface area contributed by atoms with E-state index >= 15 is 0 Å². The van der Waals surface area contributed by atoms with Crippen molar-refractivity contribution in [1.82, 2.24) is 5.32 Å². The molecule has 0 spiro atoms. The molecule has 0 aliphatic rings. The SMILES string of the molecule is Cc1cccc(C(=O)NCC(C)(O)CC(=O)O)c1[N+](=O)[O-]. The monoisotopic (exact) mass is 296 g/mol. The Labute approximate surface area is 120 Å². The maximum absolute atomic E-state index is 12.0. The van der Waals surface area contributed by atoms with Crippen molar-refractivity contribution >= 4 is 17.6 Å². The van der Waals surface area contributed by atoms with Crippen LogP contribution in [0.2, 0.25) is 0 Å². The number of aliphatic carboxylic acids is 1. The summed E-state index contributed by atoms with van der Waals surface area (Å²) in [6.45, 7) is 2.44. The molecule has 1 amide bonds. The minimum Gasteiger partial charge on any atom is -0.481 e. The van der Waals surface area contributed by atoms with Gasteiger partial charge in [-0.1, -0.05) is 12.1 Å². The number of hydrogen-bond acceptors (Lipinski definition) is 5. The van der Waals surface area contributed by atoms with Crippen LogP contribution in [-0.2, 0) is 4.79 Å². The molecule has 0 bridgehead atoms. The van der Waals surface area contributed by atoms with E-state index < -0.39 is 28.8 Å². The van der Waals surface area contributed by atoms with Crippen LogP contribution in [0.25, 0.3) is 0 Å². The molecule has 1 unspecified atom stereocenters. The molecule has 114 valence electrons. The van der Waals surface area contributed by atoms with E-state index in [4.69, 9.17) is 5.11 Å². The number of amides is 1. The highest BCUT2D eigenvalue weighted by Crippen LogP contribution is 2.23. The van der Waals surface area contributed by atoms with E-state index in [1.165, 1.54) is 32.0 Å². The Hall–Kier alpha value is -2.48. The van der Waals surface area contributed by atoms with Crippen LogP contribution in [0.4, 0.5) is 5.69 Å². The average Bonchev–Trinajstić information content (AvgIpc) is 2.33. The lowest BCUT2D eigenvalue weighted by Gasteiger charge is -2.21. The molecule has 21 heavy (non-hydrogen) atoms. The first-order valence-electron chi connectivity index (χ1n) is 6.10. The summed E-state index contributed by atoms with van der Waals surface area (Å²) in [7, 11) is 0. The second kappa shape index (κ2) is 6.31. The van der Waals surface area contributed by atoms with Gasteiger partial charge in [-0.3, -0.25) is 19.7 Å². The predicted octanol–water partition coefficient (Wildman–Crippen LogP) is 0.859. The molecular formula is C13H16N2O6. The normalized spacial score (nSPS) is 13.3. The minimum absolute atomic E-state index is 0.133. The van der Waals surface area contributed by atoms with Crippen LogP contribution >= 0.6 is 0 Å². The van der Waals surface area contributed by atoms with Crippen molar-refractivity contribution in [2.75, 3.05) is 6.54 Å². The van der Waals surface area contributed by atoms with Gasteiger partial charge in [-0.15, -0.1) is 0 Å². The molecule has 1 aromatic rings. The van der Waals surface area contributed by atoms with Crippen LogP contribution in [0, 0.1) is 17.0 Å². The number of nitrogens with one attached hydrogen (secondary N) is 1. The van der Waals surface area contributed by atoms with E-state index in [1.54, 1.807) is 0 Å². The number of carbonyl (C=O) groups excluding carboxylic acids is 1. The Morgan fingerprint density at radius 2 is 2.05 bits per heavy atom. The van der Waals surface area contributed by atoms with Gasteiger partial charge in [0.05, 0.1) is 16.9 Å². The predicted molar refractivity (Wildman–Crippen MR) is 73.0 cm³/mol. The smallest absolute Gasteiger partial charge is 0.306 e. The number of carboxylic acids is 1. The van der Waals surface area contributed by atoms with Gasteiger partial charge >= 0.3 is 5.97 Å². The molecule has 0 radical (unpaired) electrons. The summed E-state index contributed by atoms with van der Waals surface area (Å²) in [5.74, 6) is -1.95. The first kappa shape index (κ1) is 16.6. The standard InChI is InChI=1S/C13H16N2O6/c1-8-4-3-5-9(11(8)15(20)21)12(18)14-7-13(2,19)6-10(16)17/h3-5,19H,6-7H2,1-2H3,(H,14,18)(H,16,17). The lowest BCUT2D eigenvalue weighted by molar-refractivity contribution is -0.385. The van der Waals surface area contributed by atoms with Gasteiger partial charge in [0.25, 0.3) is 11.6 Å². The Kier molecular flexibility index (Phi) is 4.98. The van der Waals surface area contributed by atoms with Gasteiger partial charge in [-0.05, 0) is 19.9 Å². The zero-order valence-electron chi connectivity index (χ0n) is 11.6. The van der Waals surface area contributed by atoms with E-state index in [0.717, 1.165) is 0 Å². The summed E-state index contributed by atoms with van der Waals surface area (Å²) in [5.41, 5.74) is -1.75. The molecule has 1 aromatic carbocycles. The van der Waals surface area contributed by atoms with Crippen molar-refractivity contribution in [3.63, 3.8) is 0 Å². The summed E-state index contributed by atoms with van der Waals surface area (Å²) in [6.07, 6.45) is -0.552. The Balaban J connectivity index is 2.89. The topological polar surface area (TPSA) is 130 Å². The number of para-hydroxylation sites is 1. The molecule has 0 fully saturated rings. The Bertz CT molecular complexity index is 582. The van der Waals surface area contributed by atoms with Crippen molar-refractivity contribution < 1.29 is 24.7 Å². The maximum atomic E-state index is 12.0. The van der Waals surface area contributed by atoms with Crippen LogP contribution in [0.1, 0.15) is 29.3 Å². The summed E-state index contributed by atoms with van der Waals surface area (Å²) in [6, 6.07) is 4.31. The third-order valence-electron chi connectivity index (χ3n) is 2.83. The van der Waals surface area contributed by atoms with Gasteiger partial charge < -0.3 is 15.5 Å². The average molecular weight is 296 g/mol. The number of carbonyl (C=O) groups is 2. The molecule has 0 aliphatic heterocycles. The van der Waals surface area contributed by atoms with E-state index in [0.29, 0.717) is 5.56 Å². The fraction of sp³-hybridized carbons (Fsp3) is 0.385. The Morgan fingerprint density at radius 3 is 2.57 bits per heavy atom. The van der Waals surface area contributed by atoms with E-state index in [9.17, 15) is 24.8 Å². The number of aliphatic hydroxyl groups is 1. The van der Waals surface area contributed by atoms with Crippen LogP contribution in [0.15, 0.2) is 18.2 Å². The van der Waals surface area contributed by atoms with E-state index in [-0.39, 0.29) is 17.8 Å². The number of rotatable bonds is 6. The molecule has 0 heterocycles. The Morgan fingerprint density at radius 1 is 1.43 bits per heavy atom. The zero-order chi connectivity index (χ0) is 16.2. The molecule has 3 N–H and O–H groups in total. The first-order valence-corrected chi connectivity index (χ1v) is 6.10. The summed E-state index contributed by atoms with van der Waals surface area (Å²) >= 11 is 0. The lowest BCUT2D eigenvalue weighted by atomic mass is 10.0. The molecule has 1 rings (SSSR count). The fourth-order valence-corrected chi connectivity index (χ4v) is 1.84. The molecule has 8 heteroatoms. The maximum Gasteiger partial charge on any atom is 0.306 e. The van der Waals surface area contributed by atoms with E-state index in [1.807, 2.05) is 0 Å². The summed E-state index contributed by atoms with van der Waals surface area (Å²) < 4.78 is 0. The van der Waals surface area contributed by atoms with Crippen molar-refractivity contribution in [3.8, 4) is 0 Å². The number of carboxylic acid groups (broad SMARTS) is 1. The molecule has 0 saturated heterocycles. The molecule has 0 aliphatic carbocycles. The molecule has 0 saturated carbocycles. The number of hydrogen-bond donors (Lipinski definition) is 3. The van der Waals surface area contributed by atoms with Gasteiger partial charge in [-0.25, -0.2) is 0 Å². The number of benzene rings is 1. The summed E-state index contributed by atoms with van der Waals surface area (Å²) in [4.78, 5) is 32.9. The highest BCUT2D eigenvalue weighted by molar-refractivity contribution is 5.98.